The fourth-order valence-corrected chi connectivity index (χ4v) is 5.56. The number of rotatable bonds is 3. The Labute approximate surface area is 190 Å². The zero-order valence-electron chi connectivity index (χ0n) is 18.4. The second-order valence-corrected chi connectivity index (χ2v) is 9.91. The summed E-state index contributed by atoms with van der Waals surface area (Å²) in [6, 6.07) is 7.71. The fraction of sp³-hybridized carbons (Fsp3) is 0.417. The first-order chi connectivity index (χ1) is 15.5. The van der Waals surface area contributed by atoms with E-state index in [-0.39, 0.29) is 17.9 Å². The molecule has 5 rings (SSSR count). The van der Waals surface area contributed by atoms with E-state index < -0.39 is 0 Å². The van der Waals surface area contributed by atoms with E-state index in [1.165, 1.54) is 11.3 Å². The van der Waals surface area contributed by atoms with E-state index >= 15 is 0 Å². The first-order valence-electron chi connectivity index (χ1n) is 11.2. The average Bonchev–Trinajstić information content (AvgIpc) is 3.38. The predicted octanol–water partition coefficient (Wildman–Crippen LogP) is 3.87. The number of aromatic nitrogens is 2. The maximum absolute atomic E-state index is 12.9. The van der Waals surface area contributed by atoms with Crippen molar-refractivity contribution in [3.8, 4) is 0 Å². The summed E-state index contributed by atoms with van der Waals surface area (Å²) >= 11 is 1.45. The third kappa shape index (κ3) is 4.25. The number of amides is 2. The first-order valence-corrected chi connectivity index (χ1v) is 12.0. The number of nitrogens with one attached hydrogen (secondary N) is 2. The summed E-state index contributed by atoms with van der Waals surface area (Å²) in [5.74, 6) is -0.456. The maximum Gasteiger partial charge on any atom is 0.305 e. The molecule has 3 heterocycles. The number of carbonyl (C=O) groups excluding carboxylic acids is 2. The minimum absolute atomic E-state index is 0.168. The predicted molar refractivity (Wildman–Crippen MR) is 127 cm³/mol. The van der Waals surface area contributed by atoms with E-state index in [1.807, 2.05) is 25.1 Å². The van der Waals surface area contributed by atoms with Gasteiger partial charge in [0.1, 0.15) is 5.69 Å². The van der Waals surface area contributed by atoms with Gasteiger partial charge in [0.2, 0.25) is 0 Å². The third-order valence-corrected chi connectivity index (χ3v) is 7.32. The average molecular weight is 450 g/mol. The van der Waals surface area contributed by atoms with Gasteiger partial charge in [-0.05, 0) is 51.4 Å². The molecule has 7 nitrogen and oxygen atoms in total. The summed E-state index contributed by atoms with van der Waals surface area (Å²) in [6.45, 7) is 3.82. The smallest absolute Gasteiger partial charge is 0.305 e. The van der Waals surface area contributed by atoms with Crippen molar-refractivity contribution in [1.82, 2.24) is 20.2 Å². The van der Waals surface area contributed by atoms with Crippen LogP contribution in [0.3, 0.4) is 0 Å². The van der Waals surface area contributed by atoms with Gasteiger partial charge in [0.25, 0.3) is 5.91 Å². The van der Waals surface area contributed by atoms with E-state index in [2.05, 4.69) is 38.3 Å². The largest absolute Gasteiger partial charge is 0.351 e. The molecule has 3 aromatic rings. The Balaban J connectivity index is 1.33. The molecule has 0 spiro atoms. The Morgan fingerprint density at radius 2 is 2.12 bits per heavy atom. The maximum atomic E-state index is 12.9. The topological polar surface area (TPSA) is 90.4 Å². The number of aromatic amines is 1. The number of thiazole rings is 1. The fourth-order valence-electron chi connectivity index (χ4n) is 4.49. The van der Waals surface area contributed by atoms with Crippen LogP contribution >= 0.6 is 11.3 Å². The molecule has 0 unspecified atom stereocenters. The van der Waals surface area contributed by atoms with Gasteiger partial charge in [-0.15, -0.1) is 11.3 Å². The van der Waals surface area contributed by atoms with Crippen molar-refractivity contribution in [2.75, 3.05) is 13.6 Å². The molecule has 1 saturated carbocycles. The van der Waals surface area contributed by atoms with Gasteiger partial charge in [0.15, 0.2) is 5.01 Å². The SMILES string of the molecule is Cc1ccc2[nH]c(C(=O)N[C@H]3CCCCC3=NC(=O)c3nc4c(s3)CN(C)CC4)cc2c1. The van der Waals surface area contributed by atoms with E-state index in [0.717, 1.165) is 77.9 Å². The molecule has 2 N–H and O–H groups in total. The number of benzene rings is 1. The van der Waals surface area contributed by atoms with E-state index in [1.54, 1.807) is 0 Å². The number of aryl methyl sites for hydroxylation is 1. The highest BCUT2D eigenvalue weighted by Gasteiger charge is 2.26. The normalized spacial score (nSPS) is 20.4. The van der Waals surface area contributed by atoms with Crippen molar-refractivity contribution in [2.24, 2.45) is 4.99 Å². The number of aliphatic imine (C=N–C) groups is 1. The van der Waals surface area contributed by atoms with Crippen LogP contribution < -0.4 is 5.32 Å². The summed E-state index contributed by atoms with van der Waals surface area (Å²) in [5, 5.41) is 4.57. The van der Waals surface area contributed by atoms with Crippen molar-refractivity contribution in [1.29, 1.82) is 0 Å². The standard InChI is InChI=1S/C24H27N5O2S/c1-14-7-8-16-15(11-14)12-20(25-16)22(30)26-17-5-3-4-6-18(17)27-23(31)24-28-19-9-10-29(2)13-21(19)32-24/h7-8,11-12,17,25H,3-6,9-10,13H2,1-2H3,(H,26,30)/t17-/m0/s1. The summed E-state index contributed by atoms with van der Waals surface area (Å²) < 4.78 is 0. The van der Waals surface area contributed by atoms with Gasteiger partial charge in [-0.2, -0.15) is 0 Å². The van der Waals surface area contributed by atoms with Crippen LogP contribution in [-0.2, 0) is 13.0 Å². The van der Waals surface area contributed by atoms with Crippen LogP contribution in [-0.4, -0.2) is 52.0 Å². The molecule has 2 aliphatic rings. The molecule has 1 fully saturated rings. The lowest BCUT2D eigenvalue weighted by Gasteiger charge is -2.24. The molecule has 166 valence electrons. The van der Waals surface area contributed by atoms with Crippen molar-refractivity contribution < 1.29 is 9.59 Å². The van der Waals surface area contributed by atoms with Crippen molar-refractivity contribution in [3.05, 3.63) is 51.1 Å². The van der Waals surface area contributed by atoms with Crippen molar-refractivity contribution >= 4 is 39.8 Å². The van der Waals surface area contributed by atoms with Gasteiger partial charge in [-0.25, -0.2) is 9.98 Å². The van der Waals surface area contributed by atoms with E-state index in [0.29, 0.717) is 10.7 Å². The van der Waals surface area contributed by atoms with Crippen molar-refractivity contribution in [2.45, 2.75) is 51.6 Å². The molecular weight excluding hydrogens is 422 g/mol. The lowest BCUT2D eigenvalue weighted by molar-refractivity contribution is 0.0935. The lowest BCUT2D eigenvalue weighted by Crippen LogP contribution is -2.43. The number of H-pyrrole nitrogens is 1. The van der Waals surface area contributed by atoms with Crippen LogP contribution in [0.5, 0.6) is 0 Å². The molecule has 1 aliphatic heterocycles. The van der Waals surface area contributed by atoms with Crippen LogP contribution in [0, 0.1) is 6.92 Å². The molecule has 2 aromatic heterocycles. The van der Waals surface area contributed by atoms with E-state index in [4.69, 9.17) is 0 Å². The third-order valence-electron chi connectivity index (χ3n) is 6.25. The zero-order chi connectivity index (χ0) is 22.2. The molecule has 32 heavy (non-hydrogen) atoms. The zero-order valence-corrected chi connectivity index (χ0v) is 19.2. The highest BCUT2D eigenvalue weighted by atomic mass is 32.1. The summed E-state index contributed by atoms with van der Waals surface area (Å²) in [5.41, 5.74) is 4.40. The molecule has 8 heteroatoms. The van der Waals surface area contributed by atoms with Crippen LogP contribution in [0.15, 0.2) is 29.3 Å². The Morgan fingerprint density at radius 3 is 3.00 bits per heavy atom. The first kappa shape index (κ1) is 21.0. The Kier molecular flexibility index (Phi) is 5.65. The molecule has 0 saturated heterocycles. The van der Waals surface area contributed by atoms with Gasteiger partial charge < -0.3 is 15.2 Å². The Morgan fingerprint density at radius 1 is 1.25 bits per heavy atom. The number of likely N-dealkylation sites (N-methyl/N-ethyl adjacent to an activating group) is 1. The van der Waals surface area contributed by atoms with Crippen molar-refractivity contribution in [3.63, 3.8) is 0 Å². The minimum Gasteiger partial charge on any atom is -0.351 e. The summed E-state index contributed by atoms with van der Waals surface area (Å²) in [4.78, 5) is 41.4. The van der Waals surface area contributed by atoms with Crippen LogP contribution in [0.2, 0.25) is 0 Å². The Hall–Kier alpha value is -2.84. The molecule has 0 bridgehead atoms. The number of carbonyl (C=O) groups is 2. The second-order valence-electron chi connectivity index (χ2n) is 8.83. The summed E-state index contributed by atoms with van der Waals surface area (Å²) in [6.07, 6.45) is 4.35. The van der Waals surface area contributed by atoms with Crippen LogP contribution in [0.25, 0.3) is 10.9 Å². The molecule has 1 atom stereocenters. The molecule has 1 aromatic carbocycles. The molecule has 0 radical (unpaired) electrons. The number of hydrogen-bond acceptors (Lipinski definition) is 5. The second kappa shape index (κ2) is 8.60. The van der Waals surface area contributed by atoms with Gasteiger partial charge >= 0.3 is 5.91 Å². The highest BCUT2D eigenvalue weighted by Crippen LogP contribution is 2.26. The molecular formula is C24H27N5O2S. The van der Waals surface area contributed by atoms with Gasteiger partial charge in [-0.3, -0.25) is 9.59 Å². The Bertz CT molecular complexity index is 1220. The number of hydrogen-bond donors (Lipinski definition) is 2. The number of nitrogens with zero attached hydrogens (tertiary/aromatic N) is 3. The van der Waals surface area contributed by atoms with Gasteiger partial charge in [0, 0.05) is 41.0 Å². The van der Waals surface area contributed by atoms with Gasteiger partial charge in [-0.1, -0.05) is 18.1 Å². The summed E-state index contributed by atoms with van der Waals surface area (Å²) in [7, 11) is 2.08. The molecule has 1 aliphatic carbocycles. The van der Waals surface area contributed by atoms with Crippen LogP contribution in [0.4, 0.5) is 0 Å². The lowest BCUT2D eigenvalue weighted by atomic mass is 9.93. The minimum atomic E-state index is -0.288. The molecule has 2 amide bonds. The quantitative estimate of drug-likeness (QED) is 0.635. The highest BCUT2D eigenvalue weighted by molar-refractivity contribution is 7.13. The van der Waals surface area contributed by atoms with Gasteiger partial charge in [0.05, 0.1) is 11.7 Å². The monoisotopic (exact) mass is 449 g/mol. The van der Waals surface area contributed by atoms with E-state index in [9.17, 15) is 9.59 Å². The van der Waals surface area contributed by atoms with Crippen LogP contribution in [0.1, 0.15) is 62.1 Å². The number of fused-ring (bicyclic) bond motifs is 2.